The van der Waals surface area contributed by atoms with Gasteiger partial charge in [-0.05, 0) is 37.1 Å². The van der Waals surface area contributed by atoms with Crippen LogP contribution in [0.5, 0.6) is 5.75 Å². The highest BCUT2D eigenvalue weighted by Gasteiger charge is 2.37. The lowest BCUT2D eigenvalue weighted by atomic mass is 9.92. The summed E-state index contributed by atoms with van der Waals surface area (Å²) in [4.78, 5) is 23.2. The van der Waals surface area contributed by atoms with Gasteiger partial charge in [0.15, 0.2) is 0 Å². The predicted molar refractivity (Wildman–Crippen MR) is 73.9 cm³/mol. The van der Waals surface area contributed by atoms with Crippen LogP contribution in [0.3, 0.4) is 0 Å². The van der Waals surface area contributed by atoms with Gasteiger partial charge < -0.3 is 15.2 Å². The maximum atomic E-state index is 12.2. The van der Waals surface area contributed by atoms with E-state index in [1.807, 2.05) is 0 Å². The number of methoxy groups -OCH3 is 1. The maximum Gasteiger partial charge on any atom is 0.305 e. The van der Waals surface area contributed by atoms with E-state index < -0.39 is 11.5 Å². The van der Waals surface area contributed by atoms with Gasteiger partial charge in [0.2, 0.25) is 0 Å². The number of hydrogen-bond acceptors (Lipinski definition) is 3. The molecule has 0 spiro atoms. The zero-order chi connectivity index (χ0) is 14.6. The summed E-state index contributed by atoms with van der Waals surface area (Å²) in [5.74, 6) is -0.416. The van der Waals surface area contributed by atoms with E-state index in [-0.39, 0.29) is 12.3 Å². The number of nitrogens with one attached hydrogen (secondary N) is 1. The molecule has 0 heterocycles. The van der Waals surface area contributed by atoms with Gasteiger partial charge in [0.25, 0.3) is 5.91 Å². The van der Waals surface area contributed by atoms with Gasteiger partial charge >= 0.3 is 5.97 Å². The number of carbonyl (C=O) groups is 2. The van der Waals surface area contributed by atoms with Crippen molar-refractivity contribution in [2.24, 2.45) is 0 Å². The van der Waals surface area contributed by atoms with Crippen molar-refractivity contribution in [3.8, 4) is 5.75 Å². The number of carboxylic acid groups (broad SMARTS) is 1. The Morgan fingerprint density at radius 1 is 1.25 bits per heavy atom. The summed E-state index contributed by atoms with van der Waals surface area (Å²) in [7, 11) is 1.56. The van der Waals surface area contributed by atoms with Crippen LogP contribution < -0.4 is 10.1 Å². The molecule has 0 unspecified atom stereocenters. The van der Waals surface area contributed by atoms with Crippen LogP contribution in [0.15, 0.2) is 24.3 Å². The highest BCUT2D eigenvalue weighted by molar-refractivity contribution is 5.95. The van der Waals surface area contributed by atoms with Crippen molar-refractivity contribution in [2.75, 3.05) is 7.11 Å². The molecule has 0 saturated heterocycles. The average molecular weight is 277 g/mol. The fourth-order valence-electron chi connectivity index (χ4n) is 2.74. The van der Waals surface area contributed by atoms with Crippen molar-refractivity contribution in [1.29, 1.82) is 0 Å². The summed E-state index contributed by atoms with van der Waals surface area (Å²) in [5, 5.41) is 11.9. The molecule has 1 aliphatic rings. The lowest BCUT2D eigenvalue weighted by Crippen LogP contribution is -2.47. The summed E-state index contributed by atoms with van der Waals surface area (Å²) >= 11 is 0. The number of aliphatic carboxylic acids is 1. The quantitative estimate of drug-likeness (QED) is 0.865. The third-order valence-corrected chi connectivity index (χ3v) is 3.78. The van der Waals surface area contributed by atoms with Crippen LogP contribution in [-0.4, -0.2) is 29.6 Å². The Balaban J connectivity index is 2.09. The number of benzene rings is 1. The van der Waals surface area contributed by atoms with Crippen molar-refractivity contribution in [3.05, 3.63) is 29.8 Å². The fraction of sp³-hybridized carbons (Fsp3) is 0.467. The normalized spacial score (nSPS) is 16.6. The van der Waals surface area contributed by atoms with Crippen LogP contribution in [0, 0.1) is 0 Å². The Morgan fingerprint density at radius 3 is 2.35 bits per heavy atom. The molecule has 0 aromatic heterocycles. The van der Waals surface area contributed by atoms with E-state index in [9.17, 15) is 9.59 Å². The van der Waals surface area contributed by atoms with Crippen LogP contribution in [-0.2, 0) is 4.79 Å². The predicted octanol–water partition coefficient (Wildman–Crippen LogP) is 2.21. The highest BCUT2D eigenvalue weighted by Crippen LogP contribution is 2.33. The molecule has 0 bridgehead atoms. The van der Waals surface area contributed by atoms with E-state index in [1.54, 1.807) is 31.4 Å². The molecule has 108 valence electrons. The Kier molecular flexibility index (Phi) is 4.27. The first-order chi connectivity index (χ1) is 9.54. The Morgan fingerprint density at radius 2 is 1.85 bits per heavy atom. The van der Waals surface area contributed by atoms with Gasteiger partial charge in [0.05, 0.1) is 19.1 Å². The standard InChI is InChI=1S/C15H19NO4/c1-20-12-6-4-11(5-7-12)14(19)16-15(10-13(17)18)8-2-3-9-15/h4-7H,2-3,8-10H2,1H3,(H,16,19)(H,17,18). The van der Waals surface area contributed by atoms with Crippen molar-refractivity contribution >= 4 is 11.9 Å². The summed E-state index contributed by atoms with van der Waals surface area (Å²) in [5.41, 5.74) is -0.0782. The minimum absolute atomic E-state index is 0.0190. The van der Waals surface area contributed by atoms with Crippen LogP contribution in [0.4, 0.5) is 0 Å². The van der Waals surface area contributed by atoms with Gasteiger partial charge in [-0.25, -0.2) is 0 Å². The van der Waals surface area contributed by atoms with Gasteiger partial charge in [-0.15, -0.1) is 0 Å². The molecule has 5 nitrogen and oxygen atoms in total. The minimum atomic E-state index is -0.873. The molecule has 20 heavy (non-hydrogen) atoms. The lowest BCUT2D eigenvalue weighted by molar-refractivity contribution is -0.138. The monoisotopic (exact) mass is 277 g/mol. The first kappa shape index (κ1) is 14.4. The lowest BCUT2D eigenvalue weighted by Gasteiger charge is -2.28. The average Bonchev–Trinajstić information content (AvgIpc) is 2.86. The van der Waals surface area contributed by atoms with Gasteiger partial charge in [-0.2, -0.15) is 0 Å². The van der Waals surface area contributed by atoms with Gasteiger partial charge in [-0.3, -0.25) is 9.59 Å². The first-order valence-corrected chi connectivity index (χ1v) is 6.73. The Hall–Kier alpha value is -2.04. The molecule has 5 heteroatoms. The molecule has 1 aromatic carbocycles. The number of rotatable bonds is 5. The number of ether oxygens (including phenoxy) is 1. The Labute approximate surface area is 117 Å². The van der Waals surface area contributed by atoms with Crippen LogP contribution in [0.1, 0.15) is 42.5 Å². The maximum absolute atomic E-state index is 12.2. The molecule has 1 saturated carbocycles. The van der Waals surface area contributed by atoms with E-state index in [0.29, 0.717) is 11.3 Å². The summed E-state index contributed by atoms with van der Waals surface area (Å²) in [6.45, 7) is 0. The summed E-state index contributed by atoms with van der Waals surface area (Å²) in [6.07, 6.45) is 3.34. The molecule has 2 N–H and O–H groups in total. The van der Waals surface area contributed by atoms with E-state index in [0.717, 1.165) is 25.7 Å². The van der Waals surface area contributed by atoms with Crippen molar-refractivity contribution in [3.63, 3.8) is 0 Å². The molecule has 1 aliphatic carbocycles. The molecule has 1 amide bonds. The second kappa shape index (κ2) is 5.94. The Bertz CT molecular complexity index is 489. The smallest absolute Gasteiger partial charge is 0.305 e. The van der Waals surface area contributed by atoms with Gasteiger partial charge in [0, 0.05) is 5.56 Å². The highest BCUT2D eigenvalue weighted by atomic mass is 16.5. The van der Waals surface area contributed by atoms with Crippen molar-refractivity contribution < 1.29 is 19.4 Å². The second-order valence-corrected chi connectivity index (χ2v) is 5.24. The molecule has 0 aliphatic heterocycles. The third kappa shape index (κ3) is 3.29. The fourth-order valence-corrected chi connectivity index (χ4v) is 2.74. The molecule has 0 radical (unpaired) electrons. The number of amides is 1. The molecule has 2 rings (SSSR count). The molecule has 0 atom stereocenters. The van der Waals surface area contributed by atoms with Gasteiger partial charge in [-0.1, -0.05) is 12.8 Å². The molecular formula is C15H19NO4. The van der Waals surface area contributed by atoms with Crippen molar-refractivity contribution in [2.45, 2.75) is 37.6 Å². The number of carboxylic acids is 1. The van der Waals surface area contributed by atoms with Gasteiger partial charge in [0.1, 0.15) is 5.75 Å². The SMILES string of the molecule is COc1ccc(C(=O)NC2(CC(=O)O)CCCC2)cc1. The largest absolute Gasteiger partial charge is 0.497 e. The third-order valence-electron chi connectivity index (χ3n) is 3.78. The topological polar surface area (TPSA) is 75.6 Å². The van der Waals surface area contributed by atoms with E-state index in [2.05, 4.69) is 5.32 Å². The first-order valence-electron chi connectivity index (χ1n) is 6.73. The molecule has 1 aromatic rings. The summed E-state index contributed by atoms with van der Waals surface area (Å²) in [6, 6.07) is 6.79. The van der Waals surface area contributed by atoms with Crippen LogP contribution in [0.2, 0.25) is 0 Å². The van der Waals surface area contributed by atoms with Crippen LogP contribution >= 0.6 is 0 Å². The van der Waals surface area contributed by atoms with E-state index >= 15 is 0 Å². The van der Waals surface area contributed by atoms with E-state index in [1.165, 1.54) is 0 Å². The van der Waals surface area contributed by atoms with E-state index in [4.69, 9.17) is 9.84 Å². The van der Waals surface area contributed by atoms with Crippen molar-refractivity contribution in [1.82, 2.24) is 5.32 Å². The molecule has 1 fully saturated rings. The second-order valence-electron chi connectivity index (χ2n) is 5.24. The summed E-state index contributed by atoms with van der Waals surface area (Å²) < 4.78 is 5.05. The minimum Gasteiger partial charge on any atom is -0.497 e. The number of hydrogen-bond donors (Lipinski definition) is 2. The zero-order valence-electron chi connectivity index (χ0n) is 11.5. The molecular weight excluding hydrogens is 258 g/mol. The number of carbonyl (C=O) groups excluding carboxylic acids is 1. The van der Waals surface area contributed by atoms with Crippen LogP contribution in [0.25, 0.3) is 0 Å². The zero-order valence-corrected chi connectivity index (χ0v) is 11.5.